The molecular weight excluding hydrogens is 220 g/mol. The molecule has 6 nitrogen and oxygen atoms in total. The van der Waals surface area contributed by atoms with Crippen molar-refractivity contribution in [2.45, 2.75) is 38.8 Å². The predicted octanol–water partition coefficient (Wildman–Crippen LogP) is 1.46. The molecule has 0 saturated carbocycles. The highest BCUT2D eigenvalue weighted by molar-refractivity contribution is 5.68. The number of hydrogen-bond donors (Lipinski definition) is 0. The predicted molar refractivity (Wildman–Crippen MR) is 61.5 cm³/mol. The first-order valence-corrected chi connectivity index (χ1v) is 5.79. The van der Waals surface area contributed by atoms with Gasteiger partial charge in [0.05, 0.1) is 12.2 Å². The van der Waals surface area contributed by atoms with E-state index in [2.05, 4.69) is 10.3 Å². The molecule has 2 rings (SSSR count). The highest BCUT2D eigenvalue weighted by Gasteiger charge is 2.30. The summed E-state index contributed by atoms with van der Waals surface area (Å²) in [6.07, 6.45) is 4.11. The minimum Gasteiger partial charge on any atom is -0.444 e. The van der Waals surface area contributed by atoms with Crippen LogP contribution in [0.5, 0.6) is 0 Å². The van der Waals surface area contributed by atoms with E-state index >= 15 is 0 Å². The monoisotopic (exact) mass is 238 g/mol. The number of ether oxygens (including phenoxy) is 1. The average Bonchev–Trinajstić information content (AvgIpc) is 2.86. The van der Waals surface area contributed by atoms with Gasteiger partial charge < -0.3 is 9.64 Å². The van der Waals surface area contributed by atoms with E-state index in [1.54, 1.807) is 15.8 Å². The first-order valence-electron chi connectivity index (χ1n) is 5.79. The second-order valence-electron chi connectivity index (χ2n) is 5.25. The normalized spacial score (nSPS) is 20.6. The van der Waals surface area contributed by atoms with Crippen LogP contribution >= 0.6 is 0 Å². The number of rotatable bonds is 1. The number of amides is 1. The number of carbonyl (C=O) groups excluding carboxylic acids is 1. The lowest BCUT2D eigenvalue weighted by Gasteiger charge is -2.24. The van der Waals surface area contributed by atoms with Crippen LogP contribution in [0.1, 0.15) is 33.2 Å². The van der Waals surface area contributed by atoms with Crippen molar-refractivity contribution in [3.63, 3.8) is 0 Å². The van der Waals surface area contributed by atoms with E-state index in [1.165, 1.54) is 0 Å². The lowest BCUT2D eigenvalue weighted by molar-refractivity contribution is 0.0288. The van der Waals surface area contributed by atoms with Gasteiger partial charge in [0, 0.05) is 19.3 Å². The minimum atomic E-state index is -0.442. The molecule has 1 atom stereocenters. The molecule has 1 saturated heterocycles. The summed E-state index contributed by atoms with van der Waals surface area (Å²) >= 11 is 0. The van der Waals surface area contributed by atoms with Crippen LogP contribution < -0.4 is 0 Å². The van der Waals surface area contributed by atoms with Gasteiger partial charge in [-0.1, -0.05) is 5.21 Å². The van der Waals surface area contributed by atoms with Gasteiger partial charge in [-0.2, -0.15) is 0 Å². The van der Waals surface area contributed by atoms with E-state index in [1.807, 2.05) is 27.0 Å². The molecule has 0 aromatic carbocycles. The van der Waals surface area contributed by atoms with Gasteiger partial charge in [-0.15, -0.1) is 5.10 Å². The molecule has 6 heteroatoms. The first-order chi connectivity index (χ1) is 7.96. The summed E-state index contributed by atoms with van der Waals surface area (Å²) in [4.78, 5) is 13.6. The minimum absolute atomic E-state index is 0.213. The van der Waals surface area contributed by atoms with Gasteiger partial charge in [-0.05, 0) is 27.2 Å². The summed E-state index contributed by atoms with van der Waals surface area (Å²) in [5.74, 6) is 0. The molecule has 0 bridgehead atoms. The maximum atomic E-state index is 11.8. The zero-order valence-corrected chi connectivity index (χ0v) is 10.5. The highest BCUT2D eigenvalue weighted by atomic mass is 16.6. The van der Waals surface area contributed by atoms with Crippen molar-refractivity contribution in [1.82, 2.24) is 19.9 Å². The Bertz CT molecular complexity index is 383. The third-order valence-electron chi connectivity index (χ3n) is 2.63. The summed E-state index contributed by atoms with van der Waals surface area (Å²) in [7, 11) is 0. The number of hydrogen-bond acceptors (Lipinski definition) is 4. The first kappa shape index (κ1) is 11.9. The summed E-state index contributed by atoms with van der Waals surface area (Å²) < 4.78 is 7.13. The molecule has 0 unspecified atom stereocenters. The van der Waals surface area contributed by atoms with Crippen LogP contribution in [-0.4, -0.2) is 44.7 Å². The summed E-state index contributed by atoms with van der Waals surface area (Å²) in [5.41, 5.74) is -0.442. The van der Waals surface area contributed by atoms with Crippen LogP contribution in [0.4, 0.5) is 4.79 Å². The van der Waals surface area contributed by atoms with Crippen molar-refractivity contribution in [3.05, 3.63) is 12.4 Å². The Morgan fingerprint density at radius 2 is 2.24 bits per heavy atom. The molecule has 2 heterocycles. The lowest BCUT2D eigenvalue weighted by atomic mass is 10.2. The van der Waals surface area contributed by atoms with E-state index in [0.717, 1.165) is 6.42 Å². The van der Waals surface area contributed by atoms with Crippen LogP contribution in [0, 0.1) is 0 Å². The summed E-state index contributed by atoms with van der Waals surface area (Å²) in [5, 5.41) is 7.73. The van der Waals surface area contributed by atoms with Crippen LogP contribution in [0.25, 0.3) is 0 Å². The molecule has 0 radical (unpaired) electrons. The zero-order chi connectivity index (χ0) is 12.5. The molecule has 0 aliphatic carbocycles. The Balaban J connectivity index is 1.92. The van der Waals surface area contributed by atoms with Crippen LogP contribution in [0.15, 0.2) is 12.4 Å². The maximum Gasteiger partial charge on any atom is 0.410 e. The van der Waals surface area contributed by atoms with E-state index in [4.69, 9.17) is 4.74 Å². The Hall–Kier alpha value is -1.59. The molecule has 1 aromatic rings. The Morgan fingerprint density at radius 1 is 1.47 bits per heavy atom. The van der Waals surface area contributed by atoms with Crippen LogP contribution in [0.2, 0.25) is 0 Å². The molecule has 1 aromatic heterocycles. The summed E-state index contributed by atoms with van der Waals surface area (Å²) in [6.45, 7) is 6.96. The average molecular weight is 238 g/mol. The van der Waals surface area contributed by atoms with Gasteiger partial charge in [-0.3, -0.25) is 0 Å². The molecule has 1 amide bonds. The number of nitrogens with zero attached hydrogens (tertiary/aromatic N) is 4. The van der Waals surface area contributed by atoms with Crippen molar-refractivity contribution < 1.29 is 9.53 Å². The van der Waals surface area contributed by atoms with Gasteiger partial charge in [-0.25, -0.2) is 9.48 Å². The van der Waals surface area contributed by atoms with E-state index in [9.17, 15) is 4.79 Å². The largest absolute Gasteiger partial charge is 0.444 e. The molecular formula is C11H18N4O2. The molecule has 1 aliphatic heterocycles. The third kappa shape index (κ3) is 2.95. The number of likely N-dealkylation sites (tertiary alicyclic amines) is 1. The fourth-order valence-corrected chi connectivity index (χ4v) is 1.86. The molecule has 0 spiro atoms. The molecule has 17 heavy (non-hydrogen) atoms. The number of carbonyl (C=O) groups is 1. The van der Waals surface area contributed by atoms with Crippen molar-refractivity contribution in [2.75, 3.05) is 13.1 Å². The van der Waals surface area contributed by atoms with Crippen LogP contribution in [-0.2, 0) is 4.74 Å². The van der Waals surface area contributed by atoms with Gasteiger partial charge in [0.2, 0.25) is 0 Å². The van der Waals surface area contributed by atoms with Gasteiger partial charge in [0.25, 0.3) is 0 Å². The third-order valence-corrected chi connectivity index (χ3v) is 2.63. The summed E-state index contributed by atoms with van der Waals surface area (Å²) in [6, 6.07) is 0.213. The highest BCUT2D eigenvalue weighted by Crippen LogP contribution is 2.22. The van der Waals surface area contributed by atoms with Crippen molar-refractivity contribution in [2.24, 2.45) is 0 Å². The Kier molecular flexibility index (Phi) is 3.04. The van der Waals surface area contributed by atoms with E-state index in [-0.39, 0.29) is 12.1 Å². The van der Waals surface area contributed by atoms with Crippen molar-refractivity contribution >= 4 is 6.09 Å². The van der Waals surface area contributed by atoms with Gasteiger partial charge >= 0.3 is 6.09 Å². The van der Waals surface area contributed by atoms with E-state index in [0.29, 0.717) is 13.1 Å². The fourth-order valence-electron chi connectivity index (χ4n) is 1.86. The van der Waals surface area contributed by atoms with Crippen LogP contribution in [0.3, 0.4) is 0 Å². The smallest absolute Gasteiger partial charge is 0.410 e. The molecule has 94 valence electrons. The molecule has 1 aliphatic rings. The maximum absolute atomic E-state index is 11.8. The Labute approximate surface area is 101 Å². The quantitative estimate of drug-likeness (QED) is 0.743. The zero-order valence-electron chi connectivity index (χ0n) is 10.5. The van der Waals surface area contributed by atoms with Crippen molar-refractivity contribution in [3.8, 4) is 0 Å². The fraction of sp³-hybridized carbons (Fsp3) is 0.727. The van der Waals surface area contributed by atoms with Gasteiger partial charge in [0.15, 0.2) is 0 Å². The number of aromatic nitrogens is 3. The topological polar surface area (TPSA) is 60.2 Å². The van der Waals surface area contributed by atoms with Crippen molar-refractivity contribution in [1.29, 1.82) is 0 Å². The lowest BCUT2D eigenvalue weighted by Crippen LogP contribution is -2.35. The van der Waals surface area contributed by atoms with E-state index < -0.39 is 5.60 Å². The molecule has 0 N–H and O–H groups in total. The Morgan fingerprint density at radius 3 is 2.82 bits per heavy atom. The molecule has 1 fully saturated rings. The second kappa shape index (κ2) is 4.35. The van der Waals surface area contributed by atoms with Gasteiger partial charge in [0.1, 0.15) is 5.60 Å². The second-order valence-corrected chi connectivity index (χ2v) is 5.25. The standard InChI is InChI=1S/C11H18N4O2/c1-11(2,3)17-10(16)14-6-4-9(8-14)15-7-5-12-13-15/h5,7,9H,4,6,8H2,1-3H3/t9-/m1/s1. The SMILES string of the molecule is CC(C)(C)OC(=O)N1CC[C@@H](n2ccnn2)C1.